The Morgan fingerprint density at radius 3 is 2.80 bits per heavy atom. The van der Waals surface area contributed by atoms with Crippen LogP contribution in [0.25, 0.3) is 0 Å². The molecule has 2 heterocycles. The molecule has 1 aliphatic heterocycles. The summed E-state index contributed by atoms with van der Waals surface area (Å²) in [7, 11) is 0. The highest BCUT2D eigenvalue weighted by molar-refractivity contribution is 5.13. The van der Waals surface area contributed by atoms with Crippen molar-refractivity contribution in [2.24, 2.45) is 5.92 Å². The van der Waals surface area contributed by atoms with Crippen LogP contribution in [0.4, 0.5) is 0 Å². The van der Waals surface area contributed by atoms with Crippen LogP contribution in [0.5, 0.6) is 0 Å². The fourth-order valence-electron chi connectivity index (χ4n) is 2.62. The minimum Gasteiger partial charge on any atom is -0.331 e. The summed E-state index contributed by atoms with van der Waals surface area (Å²) in [6.07, 6.45) is 8.31. The molecule has 1 aromatic rings. The molecule has 1 aromatic heterocycles. The normalized spacial score (nSPS) is 24.6. The van der Waals surface area contributed by atoms with Crippen LogP contribution in [0.3, 0.4) is 0 Å². The van der Waals surface area contributed by atoms with Crippen molar-refractivity contribution in [2.45, 2.75) is 38.1 Å². The van der Waals surface area contributed by atoms with Crippen LogP contribution in [-0.4, -0.2) is 22.6 Å². The molecule has 1 saturated heterocycles. The zero-order valence-corrected chi connectivity index (χ0v) is 9.32. The van der Waals surface area contributed by atoms with E-state index in [-0.39, 0.29) is 0 Å². The molecule has 82 valence electrons. The zero-order valence-electron chi connectivity index (χ0n) is 9.32. The van der Waals surface area contributed by atoms with Crippen LogP contribution in [0.15, 0.2) is 12.5 Å². The van der Waals surface area contributed by atoms with Gasteiger partial charge in [-0.15, -0.1) is 0 Å². The first-order valence-electron chi connectivity index (χ1n) is 6.08. The molecule has 0 amide bonds. The maximum atomic E-state index is 4.32. The van der Waals surface area contributed by atoms with Crippen LogP contribution >= 0.6 is 0 Å². The number of nitrogens with one attached hydrogen (secondary N) is 1. The molecule has 2 aliphatic rings. The predicted molar refractivity (Wildman–Crippen MR) is 59.9 cm³/mol. The number of aromatic nitrogens is 2. The van der Waals surface area contributed by atoms with Crippen LogP contribution in [-0.2, 0) is 0 Å². The van der Waals surface area contributed by atoms with Crippen LogP contribution in [0, 0.1) is 5.92 Å². The van der Waals surface area contributed by atoms with Gasteiger partial charge in [-0.2, -0.15) is 0 Å². The van der Waals surface area contributed by atoms with E-state index >= 15 is 0 Å². The monoisotopic (exact) mass is 205 g/mol. The summed E-state index contributed by atoms with van der Waals surface area (Å²) in [5, 5.41) is 3.33. The Hall–Kier alpha value is -0.830. The fourth-order valence-corrected chi connectivity index (χ4v) is 2.62. The van der Waals surface area contributed by atoms with Crippen LogP contribution in [0.2, 0.25) is 0 Å². The average Bonchev–Trinajstić information content (AvgIpc) is 2.46. The molecule has 0 bridgehead atoms. The number of rotatable bonds is 3. The summed E-state index contributed by atoms with van der Waals surface area (Å²) in [4.78, 5) is 4.32. The van der Waals surface area contributed by atoms with Gasteiger partial charge in [0.1, 0.15) is 0 Å². The lowest BCUT2D eigenvalue weighted by Gasteiger charge is -2.35. The van der Waals surface area contributed by atoms with E-state index in [9.17, 15) is 0 Å². The van der Waals surface area contributed by atoms with Crippen molar-refractivity contribution < 1.29 is 0 Å². The van der Waals surface area contributed by atoms with Gasteiger partial charge in [-0.05, 0) is 25.7 Å². The SMILES string of the molecule is CC(C1CCC1)n1cncc1C1CNC1. The van der Waals surface area contributed by atoms with Crippen molar-refractivity contribution in [1.82, 2.24) is 14.9 Å². The maximum absolute atomic E-state index is 4.32. The summed E-state index contributed by atoms with van der Waals surface area (Å²) in [5.74, 6) is 1.60. The molecule has 1 saturated carbocycles. The third-order valence-corrected chi connectivity index (χ3v) is 4.17. The molecule has 1 unspecified atom stereocenters. The average molecular weight is 205 g/mol. The number of nitrogens with zero attached hydrogens (tertiary/aromatic N) is 2. The van der Waals surface area contributed by atoms with Crippen molar-refractivity contribution in [3.63, 3.8) is 0 Å². The van der Waals surface area contributed by atoms with Crippen molar-refractivity contribution in [3.8, 4) is 0 Å². The van der Waals surface area contributed by atoms with Gasteiger partial charge in [0, 0.05) is 36.9 Å². The first-order chi connectivity index (χ1) is 7.36. The molecule has 2 fully saturated rings. The lowest BCUT2D eigenvalue weighted by atomic mass is 9.80. The summed E-state index contributed by atoms with van der Waals surface area (Å²) in [6.45, 7) is 4.60. The van der Waals surface area contributed by atoms with Gasteiger partial charge in [0.15, 0.2) is 0 Å². The molecule has 0 radical (unpaired) electrons. The molecule has 3 nitrogen and oxygen atoms in total. The third kappa shape index (κ3) is 1.49. The number of imidazole rings is 1. The summed E-state index contributed by atoms with van der Waals surface area (Å²) < 4.78 is 2.41. The molecule has 0 aromatic carbocycles. The van der Waals surface area contributed by atoms with Gasteiger partial charge >= 0.3 is 0 Å². The molecular weight excluding hydrogens is 186 g/mol. The number of hydrogen-bond acceptors (Lipinski definition) is 2. The van der Waals surface area contributed by atoms with Gasteiger partial charge in [0.2, 0.25) is 0 Å². The Morgan fingerprint density at radius 1 is 1.47 bits per heavy atom. The number of hydrogen-bond donors (Lipinski definition) is 1. The molecule has 1 N–H and O–H groups in total. The van der Waals surface area contributed by atoms with E-state index in [1.54, 1.807) is 0 Å². The van der Waals surface area contributed by atoms with Crippen molar-refractivity contribution >= 4 is 0 Å². The minimum absolute atomic E-state index is 0.650. The standard InChI is InChI=1S/C12H19N3/c1-9(10-3-2-4-10)15-8-14-7-12(15)11-5-13-6-11/h7-11,13H,2-6H2,1H3. The molecule has 3 heteroatoms. The van der Waals surface area contributed by atoms with Gasteiger partial charge in [-0.1, -0.05) is 6.42 Å². The van der Waals surface area contributed by atoms with Crippen molar-refractivity contribution in [3.05, 3.63) is 18.2 Å². The maximum Gasteiger partial charge on any atom is 0.0950 e. The zero-order chi connectivity index (χ0) is 10.3. The Balaban J connectivity index is 1.80. The topological polar surface area (TPSA) is 29.9 Å². The highest BCUT2D eigenvalue weighted by Gasteiger charge is 2.29. The van der Waals surface area contributed by atoms with Crippen molar-refractivity contribution in [1.29, 1.82) is 0 Å². The summed E-state index contributed by atoms with van der Waals surface area (Å²) in [5.41, 5.74) is 1.44. The minimum atomic E-state index is 0.650. The van der Waals surface area contributed by atoms with E-state index in [4.69, 9.17) is 0 Å². The molecule has 0 spiro atoms. The van der Waals surface area contributed by atoms with Gasteiger partial charge in [-0.25, -0.2) is 4.98 Å². The Bertz CT molecular complexity index is 336. The second-order valence-corrected chi connectivity index (χ2v) is 5.01. The van der Waals surface area contributed by atoms with Gasteiger partial charge in [0.05, 0.1) is 6.33 Å². The van der Waals surface area contributed by atoms with Gasteiger partial charge in [0.25, 0.3) is 0 Å². The van der Waals surface area contributed by atoms with Gasteiger partial charge in [-0.3, -0.25) is 0 Å². The summed E-state index contributed by atoms with van der Waals surface area (Å²) >= 11 is 0. The highest BCUT2D eigenvalue weighted by Crippen LogP contribution is 2.37. The smallest absolute Gasteiger partial charge is 0.0950 e. The summed E-state index contributed by atoms with van der Waals surface area (Å²) in [6, 6.07) is 0.650. The van der Waals surface area contributed by atoms with E-state index in [0.29, 0.717) is 12.0 Å². The molecule has 1 atom stereocenters. The second-order valence-electron chi connectivity index (χ2n) is 5.01. The Labute approximate surface area is 90.9 Å². The van der Waals surface area contributed by atoms with Gasteiger partial charge < -0.3 is 9.88 Å². The van der Waals surface area contributed by atoms with E-state index in [1.165, 1.54) is 25.0 Å². The van der Waals surface area contributed by atoms with Crippen LogP contribution in [0.1, 0.15) is 43.8 Å². The van der Waals surface area contributed by atoms with E-state index in [0.717, 1.165) is 19.0 Å². The fraction of sp³-hybridized carbons (Fsp3) is 0.750. The van der Waals surface area contributed by atoms with E-state index in [2.05, 4.69) is 28.0 Å². The molecule has 15 heavy (non-hydrogen) atoms. The predicted octanol–water partition coefficient (Wildman–Crippen LogP) is 1.93. The van der Waals surface area contributed by atoms with Crippen molar-refractivity contribution in [2.75, 3.05) is 13.1 Å². The molecular formula is C12H19N3. The second kappa shape index (κ2) is 3.63. The van der Waals surface area contributed by atoms with Crippen LogP contribution < -0.4 is 5.32 Å². The molecule has 1 aliphatic carbocycles. The lowest BCUT2D eigenvalue weighted by Crippen LogP contribution is -2.41. The van der Waals surface area contributed by atoms with E-state index in [1.807, 2.05) is 6.33 Å². The molecule has 3 rings (SSSR count). The first-order valence-corrected chi connectivity index (χ1v) is 6.08. The Morgan fingerprint density at radius 2 is 2.27 bits per heavy atom. The van der Waals surface area contributed by atoms with E-state index < -0.39 is 0 Å². The Kier molecular flexibility index (Phi) is 2.28. The largest absolute Gasteiger partial charge is 0.331 e. The highest BCUT2D eigenvalue weighted by atomic mass is 15.1. The lowest BCUT2D eigenvalue weighted by molar-refractivity contribution is 0.216. The quantitative estimate of drug-likeness (QED) is 0.817. The third-order valence-electron chi connectivity index (χ3n) is 4.17. The first kappa shape index (κ1) is 9.40.